The zero-order chi connectivity index (χ0) is 27.2. The molecule has 0 unspecified atom stereocenters. The molecule has 3 aromatic rings. The second kappa shape index (κ2) is 9.76. The number of carbonyl (C=O) groups excluding carboxylic acids is 1. The van der Waals surface area contributed by atoms with Gasteiger partial charge in [0, 0.05) is 37.6 Å². The zero-order valence-corrected chi connectivity index (χ0v) is 22.0. The van der Waals surface area contributed by atoms with E-state index in [0.29, 0.717) is 38.3 Å². The fourth-order valence-electron chi connectivity index (χ4n) is 5.43. The first-order chi connectivity index (χ1) is 17.9. The van der Waals surface area contributed by atoms with E-state index in [-0.39, 0.29) is 12.1 Å². The molecule has 2 aliphatic heterocycles. The smallest absolute Gasteiger partial charge is 0.410 e. The Bertz CT molecular complexity index is 1290. The largest absolute Gasteiger partial charge is 0.444 e. The number of piperazine rings is 1. The summed E-state index contributed by atoms with van der Waals surface area (Å²) in [6, 6.07) is 6.53. The number of benzene rings is 1. The van der Waals surface area contributed by atoms with Crippen molar-refractivity contribution in [2.45, 2.75) is 58.0 Å². The van der Waals surface area contributed by atoms with Crippen LogP contribution in [0.25, 0.3) is 10.9 Å². The van der Waals surface area contributed by atoms with Gasteiger partial charge in [0.1, 0.15) is 5.60 Å². The van der Waals surface area contributed by atoms with Crippen LogP contribution in [0.5, 0.6) is 0 Å². The first-order valence-electron chi connectivity index (χ1n) is 12.9. The molecule has 2 atom stereocenters. The van der Waals surface area contributed by atoms with Crippen molar-refractivity contribution in [3.63, 3.8) is 0 Å². The third kappa shape index (κ3) is 5.43. The lowest BCUT2D eigenvalue weighted by molar-refractivity contribution is -0.155. The lowest BCUT2D eigenvalue weighted by atomic mass is 9.85. The fraction of sp³-hybridized carbons (Fsp3) is 0.519. The van der Waals surface area contributed by atoms with Crippen LogP contribution in [0.1, 0.15) is 50.6 Å². The normalized spacial score (nSPS) is 21.0. The lowest BCUT2D eigenvalue weighted by Gasteiger charge is -2.42. The predicted molar refractivity (Wildman–Crippen MR) is 138 cm³/mol. The number of halogens is 3. The Balaban J connectivity index is 1.39. The third-order valence-corrected chi connectivity index (χ3v) is 7.17. The molecular formula is C27H33F3N6O2. The molecule has 1 saturated heterocycles. The molecule has 2 aromatic heterocycles. The molecule has 8 nitrogen and oxygen atoms in total. The van der Waals surface area contributed by atoms with Gasteiger partial charge in [-0.3, -0.25) is 15.0 Å². The fourth-order valence-corrected chi connectivity index (χ4v) is 5.43. The van der Waals surface area contributed by atoms with Crippen LogP contribution in [0.2, 0.25) is 0 Å². The summed E-state index contributed by atoms with van der Waals surface area (Å²) >= 11 is 0. The van der Waals surface area contributed by atoms with Crippen molar-refractivity contribution in [3.8, 4) is 0 Å². The number of pyridine rings is 1. The highest BCUT2D eigenvalue weighted by molar-refractivity contribution is 5.83. The molecule has 1 amide bonds. The van der Waals surface area contributed by atoms with Gasteiger partial charge in [-0.15, -0.1) is 0 Å². The number of H-pyrrole nitrogens is 1. The molecule has 0 saturated carbocycles. The number of fused-ring (bicyclic) bond motifs is 3. The van der Waals surface area contributed by atoms with Crippen LogP contribution in [-0.4, -0.2) is 81.6 Å². The van der Waals surface area contributed by atoms with Crippen molar-refractivity contribution in [1.82, 2.24) is 25.0 Å². The minimum atomic E-state index is -4.34. The summed E-state index contributed by atoms with van der Waals surface area (Å²) in [5.74, 6) is 0. The molecular weight excluding hydrogens is 497 g/mol. The minimum absolute atomic E-state index is 0.327. The monoisotopic (exact) mass is 530 g/mol. The highest BCUT2D eigenvalue weighted by Gasteiger charge is 2.41. The quantitative estimate of drug-likeness (QED) is 0.519. The van der Waals surface area contributed by atoms with Crippen molar-refractivity contribution < 1.29 is 22.7 Å². The van der Waals surface area contributed by atoms with E-state index in [1.807, 2.05) is 52.0 Å². The summed E-state index contributed by atoms with van der Waals surface area (Å²) in [5.41, 5.74) is 3.60. The summed E-state index contributed by atoms with van der Waals surface area (Å²) in [5, 5.41) is 8.03. The third-order valence-electron chi connectivity index (χ3n) is 7.17. The van der Waals surface area contributed by atoms with Crippen LogP contribution < -0.4 is 4.90 Å². The number of hydrogen-bond acceptors (Lipinski definition) is 6. The average Bonchev–Trinajstić information content (AvgIpc) is 3.33. The van der Waals surface area contributed by atoms with E-state index in [0.717, 1.165) is 27.7 Å². The second-order valence-electron chi connectivity index (χ2n) is 11.1. The van der Waals surface area contributed by atoms with Crippen molar-refractivity contribution >= 4 is 22.7 Å². The minimum Gasteiger partial charge on any atom is -0.444 e. The molecule has 1 fully saturated rings. The molecule has 11 heteroatoms. The summed E-state index contributed by atoms with van der Waals surface area (Å²) in [4.78, 5) is 22.4. The number of carbonyl (C=O) groups is 1. The van der Waals surface area contributed by atoms with E-state index < -0.39 is 24.4 Å². The molecule has 0 bridgehead atoms. The van der Waals surface area contributed by atoms with E-state index in [1.165, 1.54) is 4.90 Å². The van der Waals surface area contributed by atoms with Gasteiger partial charge in [0.25, 0.3) is 0 Å². The number of ether oxygens (including phenoxy) is 1. The van der Waals surface area contributed by atoms with Crippen molar-refractivity contribution in [3.05, 3.63) is 53.5 Å². The molecule has 38 heavy (non-hydrogen) atoms. The zero-order valence-electron chi connectivity index (χ0n) is 22.0. The Morgan fingerprint density at radius 2 is 1.82 bits per heavy atom. The number of aromatic amines is 1. The number of alkyl halides is 3. The first-order valence-corrected chi connectivity index (χ1v) is 12.9. The summed E-state index contributed by atoms with van der Waals surface area (Å²) in [6.07, 6.45) is -0.701. The van der Waals surface area contributed by atoms with Gasteiger partial charge < -0.3 is 14.5 Å². The van der Waals surface area contributed by atoms with Gasteiger partial charge in [-0.25, -0.2) is 4.79 Å². The Labute approximate surface area is 219 Å². The Kier molecular flexibility index (Phi) is 6.75. The van der Waals surface area contributed by atoms with E-state index in [1.54, 1.807) is 17.3 Å². The van der Waals surface area contributed by atoms with Crippen LogP contribution in [0.3, 0.4) is 0 Å². The molecule has 4 heterocycles. The van der Waals surface area contributed by atoms with Gasteiger partial charge in [0.05, 0.1) is 41.9 Å². The van der Waals surface area contributed by atoms with Crippen LogP contribution in [0, 0.1) is 0 Å². The van der Waals surface area contributed by atoms with Crippen LogP contribution in [0.15, 0.2) is 36.7 Å². The highest BCUT2D eigenvalue weighted by atomic mass is 19.4. The lowest BCUT2D eigenvalue weighted by Crippen LogP contribution is -2.50. The van der Waals surface area contributed by atoms with E-state index in [2.05, 4.69) is 20.1 Å². The Hall–Kier alpha value is -3.34. The molecule has 0 radical (unpaired) electrons. The van der Waals surface area contributed by atoms with Gasteiger partial charge in [-0.1, -0.05) is 6.07 Å². The van der Waals surface area contributed by atoms with Crippen molar-refractivity contribution in [1.29, 1.82) is 0 Å². The molecule has 204 valence electrons. The number of hydrogen-bond donors (Lipinski definition) is 1. The number of aromatic nitrogens is 3. The number of amides is 1. The molecule has 1 aromatic carbocycles. The predicted octanol–water partition coefficient (Wildman–Crippen LogP) is 4.91. The number of anilines is 1. The molecule has 0 aliphatic carbocycles. The van der Waals surface area contributed by atoms with E-state index in [4.69, 9.17) is 4.74 Å². The Morgan fingerprint density at radius 3 is 2.45 bits per heavy atom. The Morgan fingerprint density at radius 1 is 1.08 bits per heavy atom. The number of nitrogens with zero attached hydrogens (tertiary/aromatic N) is 5. The topological polar surface area (TPSA) is 77.6 Å². The van der Waals surface area contributed by atoms with Gasteiger partial charge in [-0.05, 0) is 63.4 Å². The standard InChI is InChI=1S/C27H33F3N6O2/c1-17-13-20-19(6-8-22-21(20)15-32-33-22)24(36(17)16-27(28,29)30)23-7-5-18(14-31-23)34-9-11-35(12-10-34)25(37)38-26(2,3)4/h5-8,14-15,17,24H,9-13,16H2,1-4H3,(H,32,33)/t17-,24+/m1/s1. The number of nitrogens with one attached hydrogen (secondary N) is 1. The SMILES string of the molecule is C[C@@H]1Cc2c(ccc3[nH]ncc23)[C@@H](c2ccc(N3CCN(C(=O)OC(C)(C)C)CC3)cn2)N1CC(F)(F)F. The van der Waals surface area contributed by atoms with Crippen LogP contribution in [-0.2, 0) is 11.2 Å². The maximum Gasteiger partial charge on any atom is 0.410 e. The molecule has 2 aliphatic rings. The van der Waals surface area contributed by atoms with Gasteiger partial charge >= 0.3 is 12.3 Å². The van der Waals surface area contributed by atoms with E-state index >= 15 is 0 Å². The second-order valence-corrected chi connectivity index (χ2v) is 11.1. The maximum atomic E-state index is 13.6. The van der Waals surface area contributed by atoms with Crippen LogP contribution in [0.4, 0.5) is 23.7 Å². The van der Waals surface area contributed by atoms with Crippen LogP contribution >= 0.6 is 0 Å². The summed E-state index contributed by atoms with van der Waals surface area (Å²) in [7, 11) is 0. The van der Waals surface area contributed by atoms with E-state index in [9.17, 15) is 18.0 Å². The van der Waals surface area contributed by atoms with Gasteiger partial charge in [0.2, 0.25) is 0 Å². The highest BCUT2D eigenvalue weighted by Crippen LogP contribution is 2.41. The molecule has 5 rings (SSSR count). The molecule has 1 N–H and O–H groups in total. The average molecular weight is 531 g/mol. The van der Waals surface area contributed by atoms with Crippen molar-refractivity contribution in [2.24, 2.45) is 0 Å². The number of rotatable bonds is 3. The summed E-state index contributed by atoms with van der Waals surface area (Å²) < 4.78 is 46.4. The first kappa shape index (κ1) is 26.3. The summed E-state index contributed by atoms with van der Waals surface area (Å²) in [6.45, 7) is 8.60. The van der Waals surface area contributed by atoms with Gasteiger partial charge in [-0.2, -0.15) is 18.3 Å². The maximum absolute atomic E-state index is 13.6. The van der Waals surface area contributed by atoms with Gasteiger partial charge in [0.15, 0.2) is 0 Å². The molecule has 0 spiro atoms. The van der Waals surface area contributed by atoms with Crippen molar-refractivity contribution in [2.75, 3.05) is 37.6 Å².